The van der Waals surface area contributed by atoms with Gasteiger partial charge in [-0.05, 0) is 36.8 Å². The van der Waals surface area contributed by atoms with Crippen molar-refractivity contribution in [2.24, 2.45) is 0 Å². The van der Waals surface area contributed by atoms with Crippen LogP contribution in [0.25, 0.3) is 0 Å². The van der Waals surface area contributed by atoms with E-state index in [-0.39, 0.29) is 17.6 Å². The first-order valence-corrected chi connectivity index (χ1v) is 8.91. The Balaban J connectivity index is 1.59. The Kier molecular flexibility index (Phi) is 4.60. The number of halogens is 1. The van der Waals surface area contributed by atoms with Crippen molar-refractivity contribution < 1.29 is 9.18 Å². The third-order valence-corrected chi connectivity index (χ3v) is 4.72. The zero-order chi connectivity index (χ0) is 19.7. The Labute approximate surface area is 160 Å². The van der Waals surface area contributed by atoms with Gasteiger partial charge in [0, 0.05) is 18.8 Å². The van der Waals surface area contributed by atoms with E-state index in [1.54, 1.807) is 17.0 Å². The van der Waals surface area contributed by atoms with Crippen LogP contribution in [0.15, 0.2) is 59.4 Å². The highest BCUT2D eigenvalue weighted by Gasteiger charge is 2.27. The molecule has 0 radical (unpaired) electrons. The summed E-state index contributed by atoms with van der Waals surface area (Å²) in [6, 6.07) is 15.1. The predicted octanol–water partition coefficient (Wildman–Crippen LogP) is 2.42. The number of hydrogen-bond donors (Lipinski definition) is 1. The van der Waals surface area contributed by atoms with E-state index in [4.69, 9.17) is 0 Å². The van der Waals surface area contributed by atoms with Gasteiger partial charge in [-0.2, -0.15) is 0 Å². The van der Waals surface area contributed by atoms with Crippen LogP contribution >= 0.6 is 0 Å². The molecule has 0 fully saturated rings. The minimum absolute atomic E-state index is 0.243. The Morgan fingerprint density at radius 2 is 1.79 bits per heavy atom. The van der Waals surface area contributed by atoms with Crippen LogP contribution < -0.4 is 15.8 Å². The molecule has 1 aliphatic rings. The summed E-state index contributed by atoms with van der Waals surface area (Å²) >= 11 is 0. The number of nitrogens with zero attached hydrogens (tertiary/aromatic N) is 4. The van der Waals surface area contributed by atoms with E-state index in [9.17, 15) is 14.0 Å². The van der Waals surface area contributed by atoms with Crippen LogP contribution in [-0.4, -0.2) is 27.2 Å². The van der Waals surface area contributed by atoms with Gasteiger partial charge < -0.3 is 10.2 Å². The molecule has 1 amide bonds. The molecule has 2 heterocycles. The van der Waals surface area contributed by atoms with E-state index in [0.29, 0.717) is 24.7 Å². The topological polar surface area (TPSA) is 80.1 Å². The number of nitrogens with one attached hydrogen (secondary N) is 1. The molecule has 1 aliphatic heterocycles. The zero-order valence-corrected chi connectivity index (χ0v) is 15.2. The maximum atomic E-state index is 13.2. The summed E-state index contributed by atoms with van der Waals surface area (Å²) in [6.07, 6.45) is 0. The van der Waals surface area contributed by atoms with Crippen molar-refractivity contribution in [2.75, 3.05) is 11.4 Å². The van der Waals surface area contributed by atoms with Gasteiger partial charge in [-0.25, -0.2) is 4.39 Å². The Bertz CT molecular complexity index is 1070. The quantitative estimate of drug-likeness (QED) is 0.753. The first-order valence-electron chi connectivity index (χ1n) is 8.91. The van der Waals surface area contributed by atoms with Crippen LogP contribution in [0.5, 0.6) is 0 Å². The summed E-state index contributed by atoms with van der Waals surface area (Å²) in [4.78, 5) is 27.1. The molecule has 0 aliphatic carbocycles. The van der Waals surface area contributed by atoms with Crippen LogP contribution in [0.2, 0.25) is 0 Å². The van der Waals surface area contributed by atoms with Gasteiger partial charge in [0.05, 0.1) is 6.04 Å². The average molecular weight is 379 g/mol. The van der Waals surface area contributed by atoms with E-state index in [0.717, 1.165) is 5.56 Å². The van der Waals surface area contributed by atoms with Gasteiger partial charge in [-0.1, -0.05) is 30.3 Å². The number of rotatable bonds is 4. The summed E-state index contributed by atoms with van der Waals surface area (Å²) in [5, 5.41) is 10.7. The van der Waals surface area contributed by atoms with Crippen LogP contribution in [0, 0.1) is 5.82 Å². The number of anilines is 2. The lowest BCUT2D eigenvalue weighted by Gasteiger charge is -2.17. The van der Waals surface area contributed by atoms with Crippen LogP contribution in [-0.2, 0) is 6.54 Å². The third-order valence-electron chi connectivity index (χ3n) is 4.72. The molecular formula is C20H18FN5O2. The van der Waals surface area contributed by atoms with Crippen molar-refractivity contribution in [3.05, 3.63) is 82.0 Å². The predicted molar refractivity (Wildman–Crippen MR) is 102 cm³/mol. The van der Waals surface area contributed by atoms with Gasteiger partial charge >= 0.3 is 0 Å². The first kappa shape index (κ1) is 17.8. The van der Waals surface area contributed by atoms with Crippen LogP contribution in [0.3, 0.4) is 0 Å². The standard InChI is InChI=1S/C20H18FN5O2/c1-13(14-5-3-2-4-6-14)22-18(27)17-19(28)26-12-11-25(20(26)24-23-17)16-9-7-15(21)8-10-16/h2-10,13H,11-12H2,1H3,(H,22,27)/t13-/m1/s1. The van der Waals surface area contributed by atoms with E-state index < -0.39 is 11.5 Å². The number of aromatic nitrogens is 3. The van der Waals surface area contributed by atoms with Gasteiger partial charge in [0.2, 0.25) is 11.6 Å². The fourth-order valence-corrected chi connectivity index (χ4v) is 3.21. The van der Waals surface area contributed by atoms with Crippen molar-refractivity contribution in [3.63, 3.8) is 0 Å². The molecule has 0 unspecified atom stereocenters. The maximum Gasteiger partial charge on any atom is 0.286 e. The van der Waals surface area contributed by atoms with E-state index in [1.165, 1.54) is 16.7 Å². The Morgan fingerprint density at radius 1 is 1.07 bits per heavy atom. The summed E-state index contributed by atoms with van der Waals surface area (Å²) in [5.41, 5.74) is 0.892. The number of fused-ring (bicyclic) bond motifs is 1. The SMILES string of the molecule is C[C@@H](NC(=O)c1nnc2n(c1=O)CCN2c1ccc(F)cc1)c1ccccc1. The van der Waals surface area contributed by atoms with Crippen molar-refractivity contribution >= 4 is 17.5 Å². The number of benzene rings is 2. The highest BCUT2D eigenvalue weighted by atomic mass is 19.1. The molecule has 2 aromatic carbocycles. The van der Waals surface area contributed by atoms with Gasteiger partial charge in [-0.3, -0.25) is 14.2 Å². The molecule has 142 valence electrons. The molecule has 1 atom stereocenters. The minimum Gasteiger partial charge on any atom is -0.344 e. The molecule has 0 bridgehead atoms. The second-order valence-corrected chi connectivity index (χ2v) is 6.54. The van der Waals surface area contributed by atoms with Crippen LogP contribution in [0.1, 0.15) is 29.0 Å². The lowest BCUT2D eigenvalue weighted by molar-refractivity contribution is 0.0931. The van der Waals surface area contributed by atoms with E-state index in [1.807, 2.05) is 37.3 Å². The van der Waals surface area contributed by atoms with Crippen molar-refractivity contribution in [3.8, 4) is 0 Å². The Hall–Kier alpha value is -3.55. The molecule has 7 nitrogen and oxygen atoms in total. The minimum atomic E-state index is -0.565. The summed E-state index contributed by atoms with van der Waals surface area (Å²) < 4.78 is 14.6. The largest absolute Gasteiger partial charge is 0.344 e. The Morgan fingerprint density at radius 3 is 2.50 bits per heavy atom. The lowest BCUT2D eigenvalue weighted by Crippen LogP contribution is -2.36. The third kappa shape index (κ3) is 3.24. The lowest BCUT2D eigenvalue weighted by atomic mass is 10.1. The monoisotopic (exact) mass is 379 g/mol. The smallest absolute Gasteiger partial charge is 0.286 e. The van der Waals surface area contributed by atoms with Gasteiger partial charge in [-0.15, -0.1) is 10.2 Å². The number of carbonyl (C=O) groups is 1. The first-order chi connectivity index (χ1) is 13.5. The van der Waals surface area contributed by atoms with Crippen LogP contribution in [0.4, 0.5) is 16.0 Å². The van der Waals surface area contributed by atoms with Gasteiger partial charge in [0.15, 0.2) is 0 Å². The molecule has 1 aromatic heterocycles. The zero-order valence-electron chi connectivity index (χ0n) is 15.2. The van der Waals surface area contributed by atoms with E-state index in [2.05, 4.69) is 15.5 Å². The van der Waals surface area contributed by atoms with Crippen molar-refractivity contribution in [1.29, 1.82) is 0 Å². The van der Waals surface area contributed by atoms with Crippen molar-refractivity contribution in [2.45, 2.75) is 19.5 Å². The molecule has 0 spiro atoms. The molecule has 8 heteroatoms. The molecule has 0 saturated carbocycles. The maximum absolute atomic E-state index is 13.2. The van der Waals surface area contributed by atoms with Crippen molar-refractivity contribution in [1.82, 2.24) is 20.1 Å². The highest BCUT2D eigenvalue weighted by molar-refractivity contribution is 5.92. The second kappa shape index (κ2) is 7.22. The molecule has 28 heavy (non-hydrogen) atoms. The number of carbonyl (C=O) groups excluding carboxylic acids is 1. The normalized spacial score (nSPS) is 13.9. The van der Waals surface area contributed by atoms with Gasteiger partial charge in [0.1, 0.15) is 5.82 Å². The molecule has 0 saturated heterocycles. The summed E-state index contributed by atoms with van der Waals surface area (Å²) in [5.74, 6) is -0.570. The number of amides is 1. The molecule has 4 rings (SSSR count). The average Bonchev–Trinajstić information content (AvgIpc) is 3.14. The highest BCUT2D eigenvalue weighted by Crippen LogP contribution is 2.26. The molecular weight excluding hydrogens is 361 g/mol. The van der Waals surface area contributed by atoms with E-state index >= 15 is 0 Å². The summed E-state index contributed by atoms with van der Waals surface area (Å²) in [6.45, 7) is 2.69. The fourth-order valence-electron chi connectivity index (χ4n) is 3.21. The van der Waals surface area contributed by atoms with Gasteiger partial charge in [0.25, 0.3) is 11.5 Å². The number of hydrogen-bond acceptors (Lipinski definition) is 5. The fraction of sp³-hybridized carbons (Fsp3) is 0.200. The molecule has 1 N–H and O–H groups in total. The summed E-state index contributed by atoms with van der Waals surface area (Å²) in [7, 11) is 0. The second-order valence-electron chi connectivity index (χ2n) is 6.54. The molecule has 3 aromatic rings.